The van der Waals surface area contributed by atoms with Gasteiger partial charge in [0.1, 0.15) is 11.5 Å². The second-order valence-corrected chi connectivity index (χ2v) is 6.93. The van der Waals surface area contributed by atoms with Crippen molar-refractivity contribution in [2.24, 2.45) is 0 Å². The summed E-state index contributed by atoms with van der Waals surface area (Å²) in [7, 11) is 3.06. The third-order valence-corrected chi connectivity index (χ3v) is 4.74. The third kappa shape index (κ3) is 5.44. The number of halogens is 3. The molecule has 0 atom stereocenters. The number of hydrogen-bond donors (Lipinski definition) is 2. The number of nitrogens with zero attached hydrogens (tertiary/aromatic N) is 2. The van der Waals surface area contributed by atoms with E-state index < -0.39 is 17.6 Å². The molecule has 2 N–H and O–H groups in total. The number of hydrogen-bond acceptors (Lipinski definition) is 6. The number of amides is 1. The highest BCUT2D eigenvalue weighted by Gasteiger charge is 2.30. The predicted octanol–water partition coefficient (Wildman–Crippen LogP) is 4.24. The fourth-order valence-corrected chi connectivity index (χ4v) is 3.08. The Hall–Kier alpha value is -3.21. The van der Waals surface area contributed by atoms with Crippen LogP contribution in [0.1, 0.15) is 5.56 Å². The molecule has 0 bridgehead atoms. The number of carbonyl (C=O) groups excluding carboxylic acids is 1. The Morgan fingerprint density at radius 3 is 2.47 bits per heavy atom. The van der Waals surface area contributed by atoms with Crippen molar-refractivity contribution in [3.63, 3.8) is 0 Å². The number of anilines is 1. The number of aromatic nitrogens is 3. The molecule has 11 heteroatoms. The summed E-state index contributed by atoms with van der Waals surface area (Å²) in [5, 5.41) is 9.56. The van der Waals surface area contributed by atoms with Gasteiger partial charge in [-0.05, 0) is 30.3 Å². The summed E-state index contributed by atoms with van der Waals surface area (Å²) in [6.45, 7) is 0. The lowest BCUT2D eigenvalue weighted by molar-refractivity contribution is -0.137. The minimum atomic E-state index is -4.48. The molecule has 2 aromatic carbocycles. The van der Waals surface area contributed by atoms with Gasteiger partial charge >= 0.3 is 6.18 Å². The topological polar surface area (TPSA) is 89.1 Å². The van der Waals surface area contributed by atoms with E-state index in [0.29, 0.717) is 28.0 Å². The number of aromatic amines is 1. The Morgan fingerprint density at radius 2 is 1.83 bits per heavy atom. The van der Waals surface area contributed by atoms with Crippen molar-refractivity contribution in [2.75, 3.05) is 25.3 Å². The lowest BCUT2D eigenvalue weighted by Crippen LogP contribution is -2.15. The molecule has 158 valence electrons. The lowest BCUT2D eigenvalue weighted by Gasteiger charge is -2.09. The Morgan fingerprint density at radius 1 is 1.13 bits per heavy atom. The molecule has 1 heterocycles. The fraction of sp³-hybridized carbons (Fsp3) is 0.211. The van der Waals surface area contributed by atoms with Crippen LogP contribution in [0.25, 0.3) is 11.4 Å². The van der Waals surface area contributed by atoms with Crippen LogP contribution in [-0.2, 0) is 11.0 Å². The SMILES string of the molecule is COc1cc(OC)cc(-c2nc(SCC(=O)Nc3cccc(C(F)(F)F)c3)n[nH]2)c1. The Bertz CT molecular complexity index is 1020. The molecule has 0 unspecified atom stereocenters. The lowest BCUT2D eigenvalue weighted by atomic mass is 10.2. The number of benzene rings is 2. The predicted molar refractivity (Wildman–Crippen MR) is 106 cm³/mol. The quantitative estimate of drug-likeness (QED) is 0.537. The molecule has 3 rings (SSSR count). The zero-order valence-corrected chi connectivity index (χ0v) is 16.7. The maximum absolute atomic E-state index is 12.8. The van der Waals surface area contributed by atoms with Crippen LogP contribution < -0.4 is 14.8 Å². The maximum Gasteiger partial charge on any atom is 0.416 e. The molecule has 1 amide bonds. The maximum atomic E-state index is 12.8. The van der Waals surface area contributed by atoms with Crippen molar-refractivity contribution < 1.29 is 27.4 Å². The van der Waals surface area contributed by atoms with Gasteiger partial charge in [-0.25, -0.2) is 4.98 Å². The molecule has 0 aliphatic rings. The van der Waals surface area contributed by atoms with Gasteiger partial charge in [0.15, 0.2) is 5.82 Å². The van der Waals surface area contributed by atoms with E-state index in [2.05, 4.69) is 20.5 Å². The molecule has 0 saturated carbocycles. The molecule has 0 spiro atoms. The van der Waals surface area contributed by atoms with Crippen molar-refractivity contribution >= 4 is 23.4 Å². The summed E-state index contributed by atoms with van der Waals surface area (Å²) in [4.78, 5) is 16.4. The first kappa shape index (κ1) is 21.5. The van der Waals surface area contributed by atoms with Crippen LogP contribution in [0.5, 0.6) is 11.5 Å². The zero-order chi connectivity index (χ0) is 21.7. The first-order chi connectivity index (χ1) is 14.3. The van der Waals surface area contributed by atoms with Crippen molar-refractivity contribution in [3.05, 3.63) is 48.0 Å². The second-order valence-electron chi connectivity index (χ2n) is 5.98. The first-order valence-corrected chi connectivity index (χ1v) is 9.53. The Balaban J connectivity index is 1.63. The van der Waals surface area contributed by atoms with Gasteiger partial charge in [-0.1, -0.05) is 17.8 Å². The molecule has 1 aromatic heterocycles. The van der Waals surface area contributed by atoms with Crippen LogP contribution >= 0.6 is 11.8 Å². The molecule has 0 saturated heterocycles. The summed E-state index contributed by atoms with van der Waals surface area (Å²) in [5.74, 6) is 1.06. The molecule has 0 aliphatic heterocycles. The largest absolute Gasteiger partial charge is 0.497 e. The molecule has 3 aromatic rings. The standard InChI is InChI=1S/C19H17F3N4O3S/c1-28-14-6-11(7-15(9-14)29-2)17-24-18(26-25-17)30-10-16(27)23-13-5-3-4-12(8-13)19(20,21)22/h3-9H,10H2,1-2H3,(H,23,27)(H,24,25,26). The van der Waals surface area contributed by atoms with Crippen LogP contribution in [-0.4, -0.2) is 41.1 Å². The average Bonchev–Trinajstić information content (AvgIpc) is 3.20. The van der Waals surface area contributed by atoms with Gasteiger partial charge in [0.25, 0.3) is 0 Å². The number of methoxy groups -OCH3 is 2. The highest BCUT2D eigenvalue weighted by atomic mass is 32.2. The minimum absolute atomic E-state index is 0.0644. The van der Waals surface area contributed by atoms with E-state index in [0.717, 1.165) is 23.9 Å². The van der Waals surface area contributed by atoms with Crippen LogP contribution in [0.3, 0.4) is 0 Å². The van der Waals surface area contributed by atoms with Crippen molar-refractivity contribution in [2.45, 2.75) is 11.3 Å². The van der Waals surface area contributed by atoms with Gasteiger partial charge in [-0.3, -0.25) is 9.89 Å². The smallest absolute Gasteiger partial charge is 0.416 e. The zero-order valence-electron chi connectivity index (χ0n) is 15.9. The Kier molecular flexibility index (Phi) is 6.50. The molecule has 0 fully saturated rings. The van der Waals surface area contributed by atoms with E-state index in [1.54, 1.807) is 18.2 Å². The molecular weight excluding hydrogens is 421 g/mol. The molecule has 0 aliphatic carbocycles. The van der Waals surface area contributed by atoms with E-state index in [-0.39, 0.29) is 11.4 Å². The van der Waals surface area contributed by atoms with Gasteiger partial charge in [0.2, 0.25) is 11.1 Å². The van der Waals surface area contributed by atoms with E-state index >= 15 is 0 Å². The number of alkyl halides is 3. The van der Waals surface area contributed by atoms with Gasteiger partial charge in [-0.15, -0.1) is 5.10 Å². The van der Waals surface area contributed by atoms with Crippen molar-refractivity contribution in [1.82, 2.24) is 15.2 Å². The van der Waals surface area contributed by atoms with Gasteiger partial charge in [0.05, 0.1) is 25.5 Å². The number of rotatable bonds is 7. The third-order valence-electron chi connectivity index (χ3n) is 3.90. The summed E-state index contributed by atoms with van der Waals surface area (Å²) >= 11 is 1.04. The summed E-state index contributed by atoms with van der Waals surface area (Å²) in [6, 6.07) is 9.65. The average molecular weight is 438 g/mol. The number of H-pyrrole nitrogens is 1. The molecule has 0 radical (unpaired) electrons. The number of ether oxygens (including phenoxy) is 2. The van der Waals surface area contributed by atoms with Gasteiger partial charge < -0.3 is 14.8 Å². The van der Waals surface area contributed by atoms with Gasteiger partial charge in [0, 0.05) is 17.3 Å². The molecule has 7 nitrogen and oxygen atoms in total. The minimum Gasteiger partial charge on any atom is -0.497 e. The highest BCUT2D eigenvalue weighted by molar-refractivity contribution is 7.99. The van der Waals surface area contributed by atoms with Crippen LogP contribution in [0, 0.1) is 0 Å². The van der Waals surface area contributed by atoms with Gasteiger partial charge in [-0.2, -0.15) is 13.2 Å². The number of thioether (sulfide) groups is 1. The van der Waals surface area contributed by atoms with E-state index in [9.17, 15) is 18.0 Å². The van der Waals surface area contributed by atoms with E-state index in [1.807, 2.05) is 0 Å². The monoisotopic (exact) mass is 438 g/mol. The molecular formula is C19H17F3N4O3S. The summed E-state index contributed by atoms with van der Waals surface area (Å²) < 4.78 is 48.7. The fourth-order valence-electron chi connectivity index (χ4n) is 2.48. The van der Waals surface area contributed by atoms with Crippen LogP contribution in [0.2, 0.25) is 0 Å². The van der Waals surface area contributed by atoms with E-state index in [1.165, 1.54) is 26.4 Å². The van der Waals surface area contributed by atoms with Crippen molar-refractivity contribution in [3.8, 4) is 22.9 Å². The first-order valence-electron chi connectivity index (χ1n) is 8.54. The number of carbonyl (C=O) groups is 1. The number of nitrogens with one attached hydrogen (secondary N) is 2. The summed E-state index contributed by atoms with van der Waals surface area (Å²) in [5.41, 5.74) is -0.0891. The highest BCUT2D eigenvalue weighted by Crippen LogP contribution is 2.31. The van der Waals surface area contributed by atoms with Crippen LogP contribution in [0.15, 0.2) is 47.6 Å². The second kappa shape index (κ2) is 9.08. The Labute approximate surface area is 174 Å². The normalized spacial score (nSPS) is 11.2. The van der Waals surface area contributed by atoms with Crippen molar-refractivity contribution in [1.29, 1.82) is 0 Å². The van der Waals surface area contributed by atoms with E-state index in [4.69, 9.17) is 9.47 Å². The summed E-state index contributed by atoms with van der Waals surface area (Å²) in [6.07, 6.45) is -4.48. The van der Waals surface area contributed by atoms with Crippen LogP contribution in [0.4, 0.5) is 18.9 Å². The molecule has 30 heavy (non-hydrogen) atoms.